The first-order chi connectivity index (χ1) is 9.13. The lowest BCUT2D eigenvalue weighted by Gasteiger charge is -2.11. The lowest BCUT2D eigenvalue weighted by atomic mass is 9.97. The second kappa shape index (κ2) is 6.45. The Balaban J connectivity index is 1.84. The molecule has 1 amide bonds. The lowest BCUT2D eigenvalue weighted by Crippen LogP contribution is -2.14. The number of alkyl halides is 2. The molecule has 0 aromatic carbocycles. The molecule has 1 N–H and O–H groups in total. The van der Waals surface area contributed by atoms with Gasteiger partial charge in [-0.3, -0.25) is 9.48 Å². The van der Waals surface area contributed by atoms with E-state index in [-0.39, 0.29) is 5.91 Å². The summed E-state index contributed by atoms with van der Waals surface area (Å²) in [6, 6.07) is 1.52. The third kappa shape index (κ3) is 4.46. The number of carbonyl (C=O) groups is 1. The zero-order valence-corrected chi connectivity index (χ0v) is 10.6. The van der Waals surface area contributed by atoms with Gasteiger partial charge >= 0.3 is 0 Å². The Labute approximate surface area is 110 Å². The number of hydrogen-bond acceptors (Lipinski definition) is 2. The third-order valence-corrected chi connectivity index (χ3v) is 3.01. The van der Waals surface area contributed by atoms with Gasteiger partial charge in [-0.05, 0) is 25.7 Å². The number of anilines is 1. The zero-order chi connectivity index (χ0) is 13.7. The van der Waals surface area contributed by atoms with Crippen LogP contribution in [0.15, 0.2) is 23.9 Å². The third-order valence-electron chi connectivity index (χ3n) is 3.01. The number of hydrogen-bond donors (Lipinski definition) is 1. The highest BCUT2D eigenvalue weighted by atomic mass is 19.3. The van der Waals surface area contributed by atoms with Crippen LogP contribution in [0, 0.1) is 0 Å². The van der Waals surface area contributed by atoms with Gasteiger partial charge in [-0.2, -0.15) is 5.10 Å². The summed E-state index contributed by atoms with van der Waals surface area (Å²) < 4.78 is 25.4. The Hall–Kier alpha value is -1.72. The van der Waals surface area contributed by atoms with Gasteiger partial charge in [-0.1, -0.05) is 11.6 Å². The number of nitrogens with zero attached hydrogens (tertiary/aromatic N) is 2. The quantitative estimate of drug-likeness (QED) is 0.835. The van der Waals surface area contributed by atoms with E-state index in [0.29, 0.717) is 12.2 Å². The van der Waals surface area contributed by atoms with E-state index in [0.717, 1.165) is 29.5 Å². The lowest BCUT2D eigenvalue weighted by molar-refractivity contribution is -0.115. The zero-order valence-electron chi connectivity index (χ0n) is 10.6. The molecule has 1 aromatic rings. The standard InChI is InChI=1S/C13H17F2N3O/c14-11(15)9-18-7-6-12(17-18)16-13(19)8-10-4-2-1-3-5-10/h4,6-7,11H,1-3,5,8-9H2,(H,16,17,19). The summed E-state index contributed by atoms with van der Waals surface area (Å²) in [6.07, 6.45) is 5.77. The van der Waals surface area contributed by atoms with Crippen molar-refractivity contribution in [2.75, 3.05) is 5.32 Å². The number of rotatable bonds is 5. The predicted molar refractivity (Wildman–Crippen MR) is 68.0 cm³/mol. The number of carbonyl (C=O) groups excluding carboxylic acids is 1. The molecule has 4 nitrogen and oxygen atoms in total. The van der Waals surface area contributed by atoms with E-state index in [1.807, 2.05) is 0 Å². The fourth-order valence-electron chi connectivity index (χ4n) is 2.13. The monoisotopic (exact) mass is 269 g/mol. The van der Waals surface area contributed by atoms with Crippen molar-refractivity contribution in [3.05, 3.63) is 23.9 Å². The van der Waals surface area contributed by atoms with Crippen LogP contribution in [0.4, 0.5) is 14.6 Å². The van der Waals surface area contributed by atoms with Crippen LogP contribution in [-0.2, 0) is 11.3 Å². The van der Waals surface area contributed by atoms with Crippen molar-refractivity contribution < 1.29 is 13.6 Å². The van der Waals surface area contributed by atoms with E-state index in [1.54, 1.807) is 0 Å². The molecular formula is C13H17F2N3O. The number of halogens is 2. The topological polar surface area (TPSA) is 46.9 Å². The minimum atomic E-state index is -2.45. The summed E-state index contributed by atoms with van der Waals surface area (Å²) in [5.74, 6) is 0.178. The number of allylic oxidation sites excluding steroid dienone is 1. The van der Waals surface area contributed by atoms with Gasteiger partial charge in [-0.25, -0.2) is 8.78 Å². The van der Waals surface area contributed by atoms with Crippen molar-refractivity contribution in [3.63, 3.8) is 0 Å². The maximum atomic E-state index is 12.1. The molecule has 0 radical (unpaired) electrons. The Morgan fingerprint density at radius 3 is 3.00 bits per heavy atom. The van der Waals surface area contributed by atoms with Crippen molar-refractivity contribution >= 4 is 11.7 Å². The summed E-state index contributed by atoms with van der Waals surface area (Å²) in [6.45, 7) is -0.457. The molecule has 0 aliphatic heterocycles. The van der Waals surface area contributed by atoms with Crippen molar-refractivity contribution in [1.82, 2.24) is 9.78 Å². The van der Waals surface area contributed by atoms with E-state index in [2.05, 4.69) is 16.5 Å². The maximum Gasteiger partial charge on any atom is 0.257 e. The highest BCUT2D eigenvalue weighted by molar-refractivity contribution is 5.91. The van der Waals surface area contributed by atoms with Gasteiger partial charge < -0.3 is 5.32 Å². The highest BCUT2D eigenvalue weighted by Gasteiger charge is 2.11. The second-order valence-corrected chi connectivity index (χ2v) is 4.65. The summed E-state index contributed by atoms with van der Waals surface area (Å²) >= 11 is 0. The largest absolute Gasteiger partial charge is 0.309 e. The molecule has 0 unspecified atom stereocenters. The van der Waals surface area contributed by atoms with Gasteiger partial charge in [0.2, 0.25) is 5.91 Å². The summed E-state index contributed by atoms with van der Waals surface area (Å²) in [4.78, 5) is 11.8. The molecule has 0 spiro atoms. The second-order valence-electron chi connectivity index (χ2n) is 4.65. The van der Waals surface area contributed by atoms with Gasteiger partial charge in [0, 0.05) is 18.7 Å². The molecule has 2 rings (SSSR count). The number of nitrogens with one attached hydrogen (secondary N) is 1. The summed E-state index contributed by atoms with van der Waals surface area (Å²) in [5.41, 5.74) is 1.15. The van der Waals surface area contributed by atoms with Crippen LogP contribution < -0.4 is 5.32 Å². The van der Waals surface area contributed by atoms with E-state index < -0.39 is 13.0 Å². The number of aromatic nitrogens is 2. The van der Waals surface area contributed by atoms with E-state index in [9.17, 15) is 13.6 Å². The summed E-state index contributed by atoms with van der Waals surface area (Å²) in [5, 5.41) is 6.49. The molecule has 0 atom stereocenters. The minimum Gasteiger partial charge on any atom is -0.309 e. The van der Waals surface area contributed by atoms with Crippen LogP contribution >= 0.6 is 0 Å². The Kier molecular flexibility index (Phi) is 4.65. The van der Waals surface area contributed by atoms with Crippen LogP contribution in [0.1, 0.15) is 32.1 Å². The predicted octanol–water partition coefficient (Wildman–Crippen LogP) is 2.98. The minimum absolute atomic E-state index is 0.143. The molecule has 104 valence electrons. The van der Waals surface area contributed by atoms with Crippen molar-refractivity contribution in [1.29, 1.82) is 0 Å². The van der Waals surface area contributed by atoms with Gasteiger partial charge in [0.15, 0.2) is 5.82 Å². The Bertz CT molecular complexity index is 468. The molecule has 0 saturated heterocycles. The van der Waals surface area contributed by atoms with E-state index >= 15 is 0 Å². The molecular weight excluding hydrogens is 252 g/mol. The van der Waals surface area contributed by atoms with Gasteiger partial charge in [0.05, 0.1) is 0 Å². The maximum absolute atomic E-state index is 12.1. The van der Waals surface area contributed by atoms with Crippen LogP contribution in [0.3, 0.4) is 0 Å². The molecule has 1 aliphatic rings. The van der Waals surface area contributed by atoms with E-state index in [1.165, 1.54) is 18.7 Å². The average Bonchev–Trinajstić information content (AvgIpc) is 2.76. The van der Waals surface area contributed by atoms with Crippen molar-refractivity contribution in [2.45, 2.75) is 45.1 Å². The molecule has 1 aliphatic carbocycles. The molecule has 0 fully saturated rings. The smallest absolute Gasteiger partial charge is 0.257 e. The van der Waals surface area contributed by atoms with E-state index in [4.69, 9.17) is 0 Å². The van der Waals surface area contributed by atoms with Gasteiger partial charge in [0.1, 0.15) is 6.54 Å². The SMILES string of the molecule is O=C(CC1=CCCCC1)Nc1ccn(CC(F)F)n1. The van der Waals surface area contributed by atoms with Crippen LogP contribution in [0.25, 0.3) is 0 Å². The fraction of sp³-hybridized carbons (Fsp3) is 0.538. The van der Waals surface area contributed by atoms with Gasteiger partial charge in [0.25, 0.3) is 6.43 Å². The van der Waals surface area contributed by atoms with Gasteiger partial charge in [-0.15, -0.1) is 0 Å². The van der Waals surface area contributed by atoms with Crippen LogP contribution in [0.2, 0.25) is 0 Å². The first kappa shape index (κ1) is 13.7. The number of amides is 1. The Morgan fingerprint density at radius 2 is 2.32 bits per heavy atom. The molecule has 1 heterocycles. The molecule has 19 heavy (non-hydrogen) atoms. The fourth-order valence-corrected chi connectivity index (χ4v) is 2.13. The Morgan fingerprint density at radius 1 is 1.47 bits per heavy atom. The van der Waals surface area contributed by atoms with Crippen LogP contribution in [-0.4, -0.2) is 22.1 Å². The normalized spacial score (nSPS) is 15.4. The highest BCUT2D eigenvalue weighted by Crippen LogP contribution is 2.20. The van der Waals surface area contributed by atoms with Crippen molar-refractivity contribution in [3.8, 4) is 0 Å². The van der Waals surface area contributed by atoms with Crippen LogP contribution in [0.5, 0.6) is 0 Å². The summed E-state index contributed by atoms with van der Waals surface area (Å²) in [7, 11) is 0. The molecule has 1 aromatic heterocycles. The molecule has 6 heteroatoms. The molecule has 0 saturated carbocycles. The first-order valence-corrected chi connectivity index (χ1v) is 6.43. The van der Waals surface area contributed by atoms with Crippen molar-refractivity contribution in [2.24, 2.45) is 0 Å². The first-order valence-electron chi connectivity index (χ1n) is 6.43. The molecule has 0 bridgehead atoms. The average molecular weight is 269 g/mol.